The summed E-state index contributed by atoms with van der Waals surface area (Å²) in [7, 11) is 0. The minimum absolute atomic E-state index is 0. The number of guanidine groups is 1. The van der Waals surface area contributed by atoms with E-state index in [9.17, 15) is 5.11 Å². The van der Waals surface area contributed by atoms with E-state index in [0.29, 0.717) is 18.3 Å². The lowest BCUT2D eigenvalue weighted by Crippen LogP contribution is -2.45. The summed E-state index contributed by atoms with van der Waals surface area (Å²) >= 11 is 0. The number of aliphatic hydroxyl groups excluding tert-OH is 1. The molecule has 0 aliphatic heterocycles. The monoisotopic (exact) mass is 449 g/mol. The minimum atomic E-state index is -0.694. The Morgan fingerprint density at radius 1 is 1.33 bits per heavy atom. The molecule has 1 aromatic rings. The summed E-state index contributed by atoms with van der Waals surface area (Å²) in [5.74, 6) is 2.25. The second-order valence-electron chi connectivity index (χ2n) is 6.40. The fourth-order valence-corrected chi connectivity index (χ4v) is 3.27. The molecule has 1 fully saturated rings. The van der Waals surface area contributed by atoms with Gasteiger partial charge in [0.15, 0.2) is 5.96 Å². The predicted octanol–water partition coefficient (Wildman–Crippen LogP) is 3.85. The Morgan fingerprint density at radius 2 is 2.08 bits per heavy atom. The van der Waals surface area contributed by atoms with Crippen molar-refractivity contribution < 1.29 is 9.52 Å². The Kier molecular flexibility index (Phi) is 10.4. The highest BCUT2D eigenvalue weighted by Crippen LogP contribution is 2.27. The van der Waals surface area contributed by atoms with Crippen molar-refractivity contribution in [3.8, 4) is 0 Å². The molecule has 1 atom stereocenters. The first-order chi connectivity index (χ1) is 11.2. The number of furan rings is 1. The molecule has 0 bridgehead atoms. The van der Waals surface area contributed by atoms with Crippen LogP contribution in [0, 0.1) is 5.92 Å². The van der Waals surface area contributed by atoms with Gasteiger partial charge in [-0.05, 0) is 50.7 Å². The summed E-state index contributed by atoms with van der Waals surface area (Å²) in [5, 5.41) is 16.9. The van der Waals surface area contributed by atoms with Crippen LogP contribution in [0.15, 0.2) is 27.8 Å². The van der Waals surface area contributed by atoms with Gasteiger partial charge in [-0.2, -0.15) is 0 Å². The third-order valence-electron chi connectivity index (χ3n) is 4.52. The smallest absolute Gasteiger partial charge is 0.191 e. The Morgan fingerprint density at radius 3 is 2.67 bits per heavy atom. The van der Waals surface area contributed by atoms with Crippen LogP contribution in [0.4, 0.5) is 0 Å². The number of aliphatic imine (C=N–C) groups is 1. The van der Waals surface area contributed by atoms with Crippen LogP contribution < -0.4 is 10.6 Å². The van der Waals surface area contributed by atoms with Crippen molar-refractivity contribution in [3.05, 3.63) is 24.2 Å². The number of halogens is 1. The van der Waals surface area contributed by atoms with Gasteiger partial charge in [0, 0.05) is 12.6 Å². The van der Waals surface area contributed by atoms with E-state index in [1.54, 1.807) is 18.4 Å². The maximum atomic E-state index is 10.1. The topological polar surface area (TPSA) is 69.8 Å². The maximum Gasteiger partial charge on any atom is 0.191 e. The van der Waals surface area contributed by atoms with Gasteiger partial charge in [-0.3, -0.25) is 4.99 Å². The number of aliphatic hydroxyl groups is 1. The first-order valence-corrected chi connectivity index (χ1v) is 8.99. The lowest BCUT2D eigenvalue weighted by Gasteiger charge is -2.30. The standard InChI is InChI=1S/C18H31N3O2.HI/c1-3-6-14-8-10-15(11-9-14)21-18(19-4-2)20-13-16(22)17-7-5-12-23-17;/h5,7,12,14-16,22H,3-4,6,8-11,13H2,1-2H3,(H2,19,20,21);1H. The van der Waals surface area contributed by atoms with Crippen LogP contribution in [-0.4, -0.2) is 30.2 Å². The van der Waals surface area contributed by atoms with Gasteiger partial charge < -0.3 is 20.2 Å². The van der Waals surface area contributed by atoms with E-state index < -0.39 is 6.10 Å². The van der Waals surface area contributed by atoms with E-state index in [0.717, 1.165) is 18.4 Å². The molecule has 1 heterocycles. The lowest BCUT2D eigenvalue weighted by atomic mass is 9.83. The van der Waals surface area contributed by atoms with Crippen molar-refractivity contribution in [2.24, 2.45) is 10.9 Å². The Bertz CT molecular complexity index is 457. The molecule has 5 nitrogen and oxygen atoms in total. The molecule has 1 aliphatic rings. The van der Waals surface area contributed by atoms with E-state index in [1.807, 2.05) is 0 Å². The number of rotatable bonds is 7. The van der Waals surface area contributed by atoms with Crippen molar-refractivity contribution in [2.45, 2.75) is 64.5 Å². The van der Waals surface area contributed by atoms with Gasteiger partial charge in [0.25, 0.3) is 0 Å². The average molecular weight is 449 g/mol. The van der Waals surface area contributed by atoms with Crippen molar-refractivity contribution >= 4 is 29.9 Å². The SMILES string of the molecule is CCCC1CCC(NC(=NCC(O)c2ccco2)NCC)CC1.I. The Balaban J connectivity index is 0.00000288. The van der Waals surface area contributed by atoms with Gasteiger partial charge in [0.2, 0.25) is 0 Å². The molecule has 24 heavy (non-hydrogen) atoms. The molecule has 138 valence electrons. The van der Waals surface area contributed by atoms with Gasteiger partial charge in [0.1, 0.15) is 11.9 Å². The van der Waals surface area contributed by atoms with Gasteiger partial charge in [-0.1, -0.05) is 19.8 Å². The number of hydrogen-bond donors (Lipinski definition) is 3. The van der Waals surface area contributed by atoms with Crippen molar-refractivity contribution in [1.82, 2.24) is 10.6 Å². The van der Waals surface area contributed by atoms with Crippen molar-refractivity contribution in [2.75, 3.05) is 13.1 Å². The Hall–Kier alpha value is -0.760. The first-order valence-electron chi connectivity index (χ1n) is 8.99. The van der Waals surface area contributed by atoms with Crippen LogP contribution in [0.2, 0.25) is 0 Å². The summed E-state index contributed by atoms with van der Waals surface area (Å²) < 4.78 is 5.21. The molecule has 0 saturated heterocycles. The van der Waals surface area contributed by atoms with Gasteiger partial charge in [-0.15, -0.1) is 24.0 Å². The zero-order valence-electron chi connectivity index (χ0n) is 14.8. The van der Waals surface area contributed by atoms with Gasteiger partial charge >= 0.3 is 0 Å². The summed E-state index contributed by atoms with van der Waals surface area (Å²) in [5.41, 5.74) is 0. The zero-order chi connectivity index (χ0) is 16.5. The molecular weight excluding hydrogens is 417 g/mol. The highest BCUT2D eigenvalue weighted by atomic mass is 127. The molecule has 0 radical (unpaired) electrons. The summed E-state index contributed by atoms with van der Waals surface area (Å²) in [6.07, 6.45) is 8.54. The third-order valence-corrected chi connectivity index (χ3v) is 4.52. The minimum Gasteiger partial charge on any atom is -0.467 e. The normalized spacial score (nSPS) is 22.5. The van der Waals surface area contributed by atoms with Crippen LogP contribution in [0.5, 0.6) is 0 Å². The highest BCUT2D eigenvalue weighted by Gasteiger charge is 2.21. The molecule has 0 aromatic carbocycles. The summed E-state index contributed by atoms with van der Waals surface area (Å²) in [6.45, 7) is 5.44. The molecule has 1 aromatic heterocycles. The molecule has 0 spiro atoms. The predicted molar refractivity (Wildman–Crippen MR) is 109 cm³/mol. The molecule has 0 amide bonds. The van der Waals surface area contributed by atoms with Crippen molar-refractivity contribution in [1.29, 1.82) is 0 Å². The van der Waals surface area contributed by atoms with E-state index in [2.05, 4.69) is 29.5 Å². The van der Waals surface area contributed by atoms with Gasteiger partial charge in [0.05, 0.1) is 12.8 Å². The maximum absolute atomic E-state index is 10.1. The third kappa shape index (κ3) is 7.01. The first kappa shape index (κ1) is 21.3. The zero-order valence-corrected chi connectivity index (χ0v) is 17.2. The van der Waals surface area contributed by atoms with Gasteiger partial charge in [-0.25, -0.2) is 0 Å². The quantitative estimate of drug-likeness (QED) is 0.336. The highest BCUT2D eigenvalue weighted by molar-refractivity contribution is 14.0. The molecule has 2 rings (SSSR count). The fourth-order valence-electron chi connectivity index (χ4n) is 3.27. The van der Waals surface area contributed by atoms with Crippen LogP contribution in [0.1, 0.15) is 64.2 Å². The number of nitrogens with zero attached hydrogens (tertiary/aromatic N) is 1. The average Bonchev–Trinajstić information content (AvgIpc) is 3.09. The number of hydrogen-bond acceptors (Lipinski definition) is 3. The summed E-state index contributed by atoms with van der Waals surface area (Å²) in [6, 6.07) is 4.04. The van der Waals surface area contributed by atoms with Crippen LogP contribution in [-0.2, 0) is 0 Å². The molecule has 6 heteroatoms. The van der Waals surface area contributed by atoms with E-state index in [1.165, 1.54) is 38.5 Å². The molecular formula is C18H32IN3O2. The Labute approximate surface area is 162 Å². The number of nitrogens with one attached hydrogen (secondary N) is 2. The largest absolute Gasteiger partial charge is 0.467 e. The van der Waals surface area contributed by atoms with E-state index in [-0.39, 0.29) is 24.0 Å². The van der Waals surface area contributed by atoms with Crippen LogP contribution >= 0.6 is 24.0 Å². The fraction of sp³-hybridized carbons (Fsp3) is 0.722. The second kappa shape index (κ2) is 11.7. The summed E-state index contributed by atoms with van der Waals surface area (Å²) in [4.78, 5) is 4.50. The van der Waals surface area contributed by atoms with Crippen LogP contribution in [0.3, 0.4) is 0 Å². The van der Waals surface area contributed by atoms with Crippen molar-refractivity contribution in [3.63, 3.8) is 0 Å². The molecule has 1 saturated carbocycles. The van der Waals surface area contributed by atoms with E-state index in [4.69, 9.17) is 4.42 Å². The second-order valence-corrected chi connectivity index (χ2v) is 6.40. The molecule has 3 N–H and O–H groups in total. The lowest BCUT2D eigenvalue weighted by molar-refractivity contribution is 0.158. The molecule has 1 aliphatic carbocycles. The molecule has 1 unspecified atom stereocenters. The van der Waals surface area contributed by atoms with E-state index >= 15 is 0 Å². The van der Waals surface area contributed by atoms with Crippen LogP contribution in [0.25, 0.3) is 0 Å².